The van der Waals surface area contributed by atoms with Crippen molar-refractivity contribution in [2.75, 3.05) is 31.6 Å². The van der Waals surface area contributed by atoms with E-state index < -0.39 is 0 Å². The Balaban J connectivity index is 0.00000245. The normalized spacial score (nSPS) is 14.1. The lowest BCUT2D eigenvalue weighted by Crippen LogP contribution is -2.35. The van der Waals surface area contributed by atoms with E-state index in [1.807, 2.05) is 54.0 Å². The molecule has 4 aromatic rings. The summed E-state index contributed by atoms with van der Waals surface area (Å²) in [7, 11) is 0. The molecule has 1 aliphatic rings. The molecular formula is C25H24ClN3O2S. The molecule has 1 saturated heterocycles. The molecule has 164 valence electrons. The van der Waals surface area contributed by atoms with E-state index in [1.165, 1.54) is 0 Å². The van der Waals surface area contributed by atoms with E-state index in [0.29, 0.717) is 5.56 Å². The molecule has 2 heterocycles. The van der Waals surface area contributed by atoms with E-state index in [0.717, 1.165) is 65.4 Å². The number of aromatic nitrogens is 1. The van der Waals surface area contributed by atoms with E-state index >= 15 is 0 Å². The molecule has 0 radical (unpaired) electrons. The van der Waals surface area contributed by atoms with Crippen LogP contribution in [-0.4, -0.2) is 42.1 Å². The van der Waals surface area contributed by atoms with Crippen LogP contribution in [0.4, 0.5) is 5.69 Å². The summed E-state index contributed by atoms with van der Waals surface area (Å²) in [6.07, 6.45) is 0. The fraction of sp³-hybridized carbons (Fsp3) is 0.200. The Morgan fingerprint density at radius 3 is 2.66 bits per heavy atom. The third kappa shape index (κ3) is 5.00. The molecule has 32 heavy (non-hydrogen) atoms. The van der Waals surface area contributed by atoms with Crippen molar-refractivity contribution in [3.8, 4) is 11.1 Å². The van der Waals surface area contributed by atoms with Crippen LogP contribution in [0.1, 0.15) is 15.9 Å². The molecule has 1 fully saturated rings. The van der Waals surface area contributed by atoms with Crippen LogP contribution < -0.4 is 5.32 Å². The number of ether oxygens (including phenoxy) is 1. The Hall–Kier alpha value is -2.77. The summed E-state index contributed by atoms with van der Waals surface area (Å²) in [5.74, 6) is -0.114. The van der Waals surface area contributed by atoms with Crippen LogP contribution in [0.5, 0.6) is 0 Å². The van der Waals surface area contributed by atoms with Gasteiger partial charge < -0.3 is 10.1 Å². The molecule has 0 bridgehead atoms. The molecule has 3 aromatic carbocycles. The highest BCUT2D eigenvalue weighted by Gasteiger charge is 2.16. The number of hydrogen-bond acceptors (Lipinski definition) is 5. The number of hydrogen-bond donors (Lipinski definition) is 1. The lowest BCUT2D eigenvalue weighted by molar-refractivity contribution is 0.0342. The van der Waals surface area contributed by atoms with Gasteiger partial charge in [-0.25, -0.2) is 4.98 Å². The number of rotatable bonds is 5. The van der Waals surface area contributed by atoms with Gasteiger partial charge in [0.15, 0.2) is 0 Å². The molecule has 0 atom stereocenters. The van der Waals surface area contributed by atoms with Gasteiger partial charge in [-0.3, -0.25) is 9.69 Å². The van der Waals surface area contributed by atoms with Crippen LogP contribution in [0.15, 0.2) is 72.2 Å². The monoisotopic (exact) mass is 465 g/mol. The van der Waals surface area contributed by atoms with E-state index in [-0.39, 0.29) is 18.3 Å². The third-order valence-electron chi connectivity index (χ3n) is 5.54. The molecule has 1 aliphatic heterocycles. The standard InChI is InChI=1S/C25H23N3O2S.ClH/c29-25(27-21-7-9-24-23(15-21)26-17-31-24)19-6-8-22(18-4-2-1-3-5-18)20(14-19)16-28-10-12-30-13-11-28;/h1-9,14-15,17H,10-13,16H2,(H,27,29);1H. The first-order valence-electron chi connectivity index (χ1n) is 10.4. The quantitative estimate of drug-likeness (QED) is 0.424. The molecule has 0 spiro atoms. The maximum absolute atomic E-state index is 13.0. The Labute approximate surface area is 197 Å². The molecule has 5 nitrogen and oxygen atoms in total. The summed E-state index contributed by atoms with van der Waals surface area (Å²) < 4.78 is 6.60. The van der Waals surface area contributed by atoms with Gasteiger partial charge in [0.1, 0.15) is 0 Å². The SMILES string of the molecule is Cl.O=C(Nc1ccc2scnc2c1)c1ccc(-c2ccccc2)c(CN2CCOCC2)c1. The first-order valence-corrected chi connectivity index (χ1v) is 11.3. The summed E-state index contributed by atoms with van der Waals surface area (Å²) in [6, 6.07) is 22.1. The van der Waals surface area contributed by atoms with Crippen LogP contribution in [0.2, 0.25) is 0 Å². The lowest BCUT2D eigenvalue weighted by atomic mass is 9.96. The van der Waals surface area contributed by atoms with Crippen molar-refractivity contribution in [3.05, 3.63) is 83.4 Å². The van der Waals surface area contributed by atoms with Crippen LogP contribution >= 0.6 is 23.7 Å². The molecule has 1 amide bonds. The molecule has 0 unspecified atom stereocenters. The van der Waals surface area contributed by atoms with Crippen LogP contribution in [0.25, 0.3) is 21.3 Å². The first kappa shape index (κ1) is 22.4. The topological polar surface area (TPSA) is 54.5 Å². The highest BCUT2D eigenvalue weighted by atomic mass is 35.5. The van der Waals surface area contributed by atoms with Gasteiger partial charge in [-0.05, 0) is 47.0 Å². The summed E-state index contributed by atoms with van der Waals surface area (Å²) in [6.45, 7) is 4.09. The number of halogens is 1. The minimum Gasteiger partial charge on any atom is -0.379 e. The fourth-order valence-corrected chi connectivity index (χ4v) is 4.56. The summed E-state index contributed by atoms with van der Waals surface area (Å²) in [5.41, 5.74) is 7.59. The van der Waals surface area contributed by atoms with Crippen LogP contribution in [0.3, 0.4) is 0 Å². The zero-order valence-electron chi connectivity index (χ0n) is 17.5. The molecular weight excluding hydrogens is 442 g/mol. The number of amides is 1. The second-order valence-electron chi connectivity index (χ2n) is 7.62. The van der Waals surface area contributed by atoms with Gasteiger partial charge in [-0.2, -0.15) is 0 Å². The molecule has 0 aliphatic carbocycles. The maximum atomic E-state index is 13.0. The smallest absolute Gasteiger partial charge is 0.255 e. The Morgan fingerprint density at radius 2 is 1.84 bits per heavy atom. The molecule has 5 rings (SSSR count). The van der Waals surface area contributed by atoms with Crippen molar-refractivity contribution in [2.45, 2.75) is 6.54 Å². The second-order valence-corrected chi connectivity index (χ2v) is 8.50. The minimum absolute atomic E-state index is 0. The van der Waals surface area contributed by atoms with Gasteiger partial charge in [0.2, 0.25) is 0 Å². The number of nitrogens with one attached hydrogen (secondary N) is 1. The number of carbonyl (C=O) groups is 1. The lowest BCUT2D eigenvalue weighted by Gasteiger charge is -2.27. The fourth-order valence-electron chi connectivity index (χ4n) is 3.90. The first-order chi connectivity index (χ1) is 15.3. The molecule has 7 heteroatoms. The number of carbonyl (C=O) groups excluding carboxylic acids is 1. The van der Waals surface area contributed by atoms with Gasteiger partial charge in [0, 0.05) is 30.9 Å². The summed E-state index contributed by atoms with van der Waals surface area (Å²) in [5, 5.41) is 3.02. The van der Waals surface area contributed by atoms with Gasteiger partial charge in [0.05, 0.1) is 28.9 Å². The average molecular weight is 466 g/mol. The largest absolute Gasteiger partial charge is 0.379 e. The Kier molecular flexibility index (Phi) is 7.17. The highest BCUT2D eigenvalue weighted by Crippen LogP contribution is 2.27. The molecule has 0 saturated carbocycles. The Morgan fingerprint density at radius 1 is 1.03 bits per heavy atom. The number of nitrogens with zero attached hydrogens (tertiary/aromatic N) is 2. The van der Waals surface area contributed by atoms with Crippen molar-refractivity contribution < 1.29 is 9.53 Å². The summed E-state index contributed by atoms with van der Waals surface area (Å²) in [4.78, 5) is 19.7. The van der Waals surface area contributed by atoms with Crippen LogP contribution in [0, 0.1) is 0 Å². The van der Waals surface area contributed by atoms with Gasteiger partial charge in [-0.15, -0.1) is 23.7 Å². The molecule has 1 N–H and O–H groups in total. The zero-order valence-corrected chi connectivity index (χ0v) is 19.1. The van der Waals surface area contributed by atoms with Crippen molar-refractivity contribution in [1.82, 2.24) is 9.88 Å². The van der Waals surface area contributed by atoms with E-state index in [9.17, 15) is 4.79 Å². The van der Waals surface area contributed by atoms with E-state index in [1.54, 1.807) is 11.3 Å². The number of anilines is 1. The number of thiazole rings is 1. The zero-order chi connectivity index (χ0) is 21.0. The Bertz CT molecular complexity index is 1210. The molecule has 1 aromatic heterocycles. The number of fused-ring (bicyclic) bond motifs is 1. The minimum atomic E-state index is -0.114. The average Bonchev–Trinajstić information content (AvgIpc) is 3.28. The van der Waals surface area contributed by atoms with E-state index in [2.05, 4.69) is 33.4 Å². The van der Waals surface area contributed by atoms with Crippen molar-refractivity contribution in [3.63, 3.8) is 0 Å². The predicted molar refractivity (Wildman–Crippen MR) is 133 cm³/mol. The summed E-state index contributed by atoms with van der Waals surface area (Å²) >= 11 is 1.59. The third-order valence-corrected chi connectivity index (χ3v) is 6.35. The van der Waals surface area contributed by atoms with E-state index in [4.69, 9.17) is 4.74 Å². The maximum Gasteiger partial charge on any atom is 0.255 e. The second kappa shape index (κ2) is 10.2. The number of morpholine rings is 1. The van der Waals surface area contributed by atoms with Gasteiger partial charge >= 0.3 is 0 Å². The number of benzene rings is 3. The highest BCUT2D eigenvalue weighted by molar-refractivity contribution is 7.16. The van der Waals surface area contributed by atoms with Crippen molar-refractivity contribution in [1.29, 1.82) is 0 Å². The van der Waals surface area contributed by atoms with Crippen molar-refractivity contribution in [2.24, 2.45) is 0 Å². The van der Waals surface area contributed by atoms with Crippen molar-refractivity contribution >= 4 is 45.6 Å². The van der Waals surface area contributed by atoms with Gasteiger partial charge in [-0.1, -0.05) is 36.4 Å². The van der Waals surface area contributed by atoms with Gasteiger partial charge in [0.25, 0.3) is 5.91 Å². The van der Waals surface area contributed by atoms with Crippen LogP contribution in [-0.2, 0) is 11.3 Å². The predicted octanol–water partition coefficient (Wildman–Crippen LogP) is 5.47.